The minimum absolute atomic E-state index is 0.0674. The van der Waals surface area contributed by atoms with Gasteiger partial charge in [-0.25, -0.2) is 8.42 Å². The molecule has 0 aromatic heterocycles. The molecule has 1 amide bonds. The van der Waals surface area contributed by atoms with Crippen LogP contribution >= 0.6 is 0 Å². The van der Waals surface area contributed by atoms with Crippen LogP contribution in [0.1, 0.15) is 30.1 Å². The molecule has 0 N–H and O–H groups in total. The van der Waals surface area contributed by atoms with Crippen LogP contribution in [-0.4, -0.2) is 49.1 Å². The lowest BCUT2D eigenvalue weighted by molar-refractivity contribution is -0.134. The monoisotopic (exact) mass is 309 g/mol. The molecule has 2 rings (SSSR count). The van der Waals surface area contributed by atoms with Gasteiger partial charge < -0.3 is 4.90 Å². The fraction of sp³-hybridized carbons (Fsp3) is 0.467. The van der Waals surface area contributed by atoms with Crippen molar-refractivity contribution in [1.29, 1.82) is 0 Å². The average molecular weight is 309 g/mol. The first-order valence-electron chi connectivity index (χ1n) is 7.01. The maximum absolute atomic E-state index is 11.9. The second-order valence-electron chi connectivity index (χ2n) is 5.16. The van der Waals surface area contributed by atoms with Crippen molar-refractivity contribution in [3.63, 3.8) is 0 Å². The smallest absolute Gasteiger partial charge is 0.223 e. The Balaban J connectivity index is 1.78. The van der Waals surface area contributed by atoms with E-state index in [-0.39, 0.29) is 43.4 Å². The molecule has 21 heavy (non-hydrogen) atoms. The minimum Gasteiger partial charge on any atom is -0.340 e. The van der Waals surface area contributed by atoms with E-state index < -0.39 is 15.1 Å². The SMILES string of the molecule is CCS(=O)(=O)C1CN(C(=O)CCC(=O)c2ccccc2)C1. The van der Waals surface area contributed by atoms with Gasteiger partial charge in [-0.2, -0.15) is 0 Å². The second-order valence-corrected chi connectivity index (χ2v) is 7.73. The van der Waals surface area contributed by atoms with Gasteiger partial charge in [0.15, 0.2) is 15.6 Å². The molecule has 1 aliphatic rings. The average Bonchev–Trinajstić information content (AvgIpc) is 2.43. The highest BCUT2D eigenvalue weighted by Gasteiger charge is 2.38. The Kier molecular flexibility index (Phi) is 4.77. The summed E-state index contributed by atoms with van der Waals surface area (Å²) < 4.78 is 23.2. The number of benzene rings is 1. The van der Waals surface area contributed by atoms with Crippen LogP contribution in [0.5, 0.6) is 0 Å². The van der Waals surface area contributed by atoms with Gasteiger partial charge >= 0.3 is 0 Å². The topological polar surface area (TPSA) is 71.5 Å². The molecule has 0 atom stereocenters. The van der Waals surface area contributed by atoms with Crippen LogP contribution in [0.25, 0.3) is 0 Å². The van der Waals surface area contributed by atoms with Crippen LogP contribution in [0.3, 0.4) is 0 Å². The zero-order valence-corrected chi connectivity index (χ0v) is 12.8. The lowest BCUT2D eigenvalue weighted by Crippen LogP contribution is -2.57. The van der Waals surface area contributed by atoms with Crippen molar-refractivity contribution in [3.05, 3.63) is 35.9 Å². The summed E-state index contributed by atoms with van der Waals surface area (Å²) >= 11 is 0. The van der Waals surface area contributed by atoms with Crippen molar-refractivity contribution in [2.75, 3.05) is 18.8 Å². The van der Waals surface area contributed by atoms with Crippen molar-refractivity contribution < 1.29 is 18.0 Å². The molecule has 0 radical (unpaired) electrons. The Morgan fingerprint density at radius 2 is 1.76 bits per heavy atom. The first-order chi connectivity index (χ1) is 9.94. The Labute approximate surface area is 124 Å². The van der Waals surface area contributed by atoms with Gasteiger partial charge in [-0.05, 0) is 0 Å². The molecule has 0 aliphatic carbocycles. The lowest BCUT2D eigenvalue weighted by Gasteiger charge is -2.38. The first kappa shape index (κ1) is 15.7. The van der Waals surface area contributed by atoms with Gasteiger partial charge in [0.1, 0.15) is 0 Å². The minimum atomic E-state index is -3.06. The van der Waals surface area contributed by atoms with E-state index in [9.17, 15) is 18.0 Å². The molecule has 1 saturated heterocycles. The summed E-state index contributed by atoms with van der Waals surface area (Å²) in [6.45, 7) is 2.13. The summed E-state index contributed by atoms with van der Waals surface area (Å²) in [5.41, 5.74) is 0.598. The number of amides is 1. The van der Waals surface area contributed by atoms with E-state index >= 15 is 0 Å². The van der Waals surface area contributed by atoms with Crippen LogP contribution in [0.4, 0.5) is 0 Å². The van der Waals surface area contributed by atoms with Gasteiger partial charge in [-0.15, -0.1) is 0 Å². The maximum Gasteiger partial charge on any atom is 0.223 e. The highest BCUT2D eigenvalue weighted by atomic mass is 32.2. The number of hydrogen-bond acceptors (Lipinski definition) is 4. The Bertz CT molecular complexity index is 618. The number of nitrogens with zero attached hydrogens (tertiary/aromatic N) is 1. The number of Topliss-reactive ketones (excluding diaryl/α,β-unsaturated/α-hetero) is 1. The summed E-state index contributed by atoms with van der Waals surface area (Å²) in [5.74, 6) is -0.115. The number of hydrogen-bond donors (Lipinski definition) is 0. The van der Waals surface area contributed by atoms with Crippen molar-refractivity contribution in [1.82, 2.24) is 4.90 Å². The fourth-order valence-electron chi connectivity index (χ4n) is 2.25. The zero-order chi connectivity index (χ0) is 15.5. The van der Waals surface area contributed by atoms with Crippen LogP contribution in [-0.2, 0) is 14.6 Å². The van der Waals surface area contributed by atoms with E-state index in [1.165, 1.54) is 4.90 Å². The Morgan fingerprint density at radius 1 is 1.14 bits per heavy atom. The third kappa shape index (κ3) is 3.69. The highest BCUT2D eigenvalue weighted by Crippen LogP contribution is 2.18. The predicted octanol–water partition coefficient (Wildman–Crippen LogP) is 1.29. The molecule has 1 aromatic carbocycles. The predicted molar refractivity (Wildman–Crippen MR) is 79.8 cm³/mol. The van der Waals surface area contributed by atoms with Crippen LogP contribution in [0, 0.1) is 0 Å². The van der Waals surface area contributed by atoms with Crippen molar-refractivity contribution >= 4 is 21.5 Å². The summed E-state index contributed by atoms with van der Waals surface area (Å²) in [7, 11) is -3.06. The van der Waals surface area contributed by atoms with E-state index in [2.05, 4.69) is 0 Å². The zero-order valence-electron chi connectivity index (χ0n) is 12.0. The van der Waals surface area contributed by atoms with Crippen LogP contribution in [0.2, 0.25) is 0 Å². The van der Waals surface area contributed by atoms with Gasteiger partial charge in [0.2, 0.25) is 5.91 Å². The van der Waals surface area contributed by atoms with E-state index in [0.29, 0.717) is 5.56 Å². The van der Waals surface area contributed by atoms with Gasteiger partial charge in [0.05, 0.1) is 5.25 Å². The summed E-state index contributed by atoms with van der Waals surface area (Å²) in [6, 6.07) is 8.84. The van der Waals surface area contributed by atoms with E-state index in [0.717, 1.165) is 0 Å². The molecular weight excluding hydrogens is 290 g/mol. The highest BCUT2D eigenvalue weighted by molar-refractivity contribution is 7.92. The first-order valence-corrected chi connectivity index (χ1v) is 8.73. The maximum atomic E-state index is 11.9. The van der Waals surface area contributed by atoms with Gasteiger partial charge in [-0.3, -0.25) is 9.59 Å². The number of rotatable bonds is 6. The molecule has 1 aromatic rings. The molecule has 0 bridgehead atoms. The third-order valence-corrected chi connectivity index (χ3v) is 5.89. The molecule has 114 valence electrons. The molecule has 5 nitrogen and oxygen atoms in total. The number of sulfone groups is 1. The van der Waals surface area contributed by atoms with Crippen LogP contribution in [0.15, 0.2) is 30.3 Å². The van der Waals surface area contributed by atoms with Gasteiger partial charge in [-0.1, -0.05) is 37.3 Å². The normalized spacial score (nSPS) is 15.6. The summed E-state index contributed by atoms with van der Waals surface area (Å²) in [5, 5.41) is -0.434. The number of carbonyl (C=O) groups excluding carboxylic acids is 2. The fourth-order valence-corrected chi connectivity index (χ4v) is 3.54. The van der Waals surface area contributed by atoms with Crippen LogP contribution < -0.4 is 0 Å². The second kappa shape index (κ2) is 6.39. The quantitative estimate of drug-likeness (QED) is 0.743. The standard InChI is InChI=1S/C15H19NO4S/c1-2-21(19,20)13-10-16(11-13)15(18)9-8-14(17)12-6-4-3-5-7-12/h3-7,13H,2,8-11H2,1H3. The Hall–Kier alpha value is -1.69. The molecule has 1 aliphatic heterocycles. The summed E-state index contributed by atoms with van der Waals surface area (Å²) in [6.07, 6.45) is 0.289. The Morgan fingerprint density at radius 3 is 2.33 bits per heavy atom. The summed E-state index contributed by atoms with van der Waals surface area (Å²) in [4.78, 5) is 25.3. The van der Waals surface area contributed by atoms with E-state index in [4.69, 9.17) is 0 Å². The number of ketones is 1. The molecule has 6 heteroatoms. The van der Waals surface area contributed by atoms with Crippen molar-refractivity contribution in [2.45, 2.75) is 25.0 Å². The van der Waals surface area contributed by atoms with E-state index in [1.54, 1.807) is 31.2 Å². The van der Waals surface area contributed by atoms with Gasteiger partial charge in [0, 0.05) is 37.2 Å². The molecule has 0 saturated carbocycles. The van der Waals surface area contributed by atoms with E-state index in [1.807, 2.05) is 6.07 Å². The molecule has 1 fully saturated rings. The molecule has 0 unspecified atom stereocenters. The molecule has 1 heterocycles. The number of likely N-dealkylation sites (tertiary alicyclic amines) is 1. The molecular formula is C15H19NO4S. The van der Waals surface area contributed by atoms with Crippen molar-refractivity contribution in [2.24, 2.45) is 0 Å². The van der Waals surface area contributed by atoms with Gasteiger partial charge in [0.25, 0.3) is 0 Å². The van der Waals surface area contributed by atoms with Crippen molar-refractivity contribution in [3.8, 4) is 0 Å². The number of carbonyl (C=O) groups is 2. The lowest BCUT2D eigenvalue weighted by atomic mass is 10.1. The molecule has 0 spiro atoms. The third-order valence-electron chi connectivity index (χ3n) is 3.77. The largest absolute Gasteiger partial charge is 0.340 e.